The van der Waals surface area contributed by atoms with Crippen LogP contribution < -0.4 is 11.1 Å². The van der Waals surface area contributed by atoms with Crippen molar-refractivity contribution in [2.24, 2.45) is 0 Å². The molecule has 1 aliphatic rings. The van der Waals surface area contributed by atoms with Crippen LogP contribution in [-0.4, -0.2) is 28.9 Å². The number of carbonyl (C=O) groups is 1. The molecule has 0 bridgehead atoms. The molecule has 1 heterocycles. The highest BCUT2D eigenvalue weighted by molar-refractivity contribution is 8.00. The molecule has 1 saturated heterocycles. The molecule has 1 aromatic rings. The Labute approximate surface area is 105 Å². The van der Waals surface area contributed by atoms with Crippen molar-refractivity contribution in [3.8, 4) is 0 Å². The molecule has 0 saturated carbocycles. The number of rotatable bonds is 4. The average molecular weight is 252 g/mol. The van der Waals surface area contributed by atoms with E-state index in [0.717, 1.165) is 29.2 Å². The summed E-state index contributed by atoms with van der Waals surface area (Å²) in [5, 5.41) is 12.1. The van der Waals surface area contributed by atoms with Gasteiger partial charge in [-0.15, -0.1) is 11.8 Å². The molecule has 4 N–H and O–H groups in total. The van der Waals surface area contributed by atoms with Gasteiger partial charge in [0.1, 0.15) is 0 Å². The third-order valence-electron chi connectivity index (χ3n) is 2.91. The fourth-order valence-electron chi connectivity index (χ4n) is 1.87. The van der Waals surface area contributed by atoms with Crippen LogP contribution in [0.1, 0.15) is 12.0 Å². The van der Waals surface area contributed by atoms with Gasteiger partial charge < -0.3 is 16.2 Å². The van der Waals surface area contributed by atoms with Crippen molar-refractivity contribution in [3.63, 3.8) is 0 Å². The first-order valence-corrected chi connectivity index (χ1v) is 6.30. The standard InChI is InChI=1S/C12H16N2O2S/c1-8-2-3-9(13)4-10(8)17-12(5-11(15)16)6-14-7-12/h2-4,14H,5-7,13H2,1H3,(H,15,16). The van der Waals surface area contributed by atoms with E-state index in [1.807, 2.05) is 25.1 Å². The Kier molecular flexibility index (Phi) is 3.31. The number of nitrogens with two attached hydrogens (primary N) is 1. The summed E-state index contributed by atoms with van der Waals surface area (Å²) in [7, 11) is 0. The Morgan fingerprint density at radius 2 is 2.29 bits per heavy atom. The lowest BCUT2D eigenvalue weighted by Crippen LogP contribution is -2.58. The van der Waals surface area contributed by atoms with Crippen LogP contribution in [-0.2, 0) is 4.79 Å². The molecule has 5 heteroatoms. The van der Waals surface area contributed by atoms with Gasteiger partial charge in [0.05, 0.1) is 11.2 Å². The zero-order valence-electron chi connectivity index (χ0n) is 9.69. The van der Waals surface area contributed by atoms with Gasteiger partial charge >= 0.3 is 5.97 Å². The Morgan fingerprint density at radius 1 is 1.59 bits per heavy atom. The van der Waals surface area contributed by atoms with Crippen molar-refractivity contribution in [3.05, 3.63) is 23.8 Å². The maximum absolute atomic E-state index is 10.9. The largest absolute Gasteiger partial charge is 0.481 e. The van der Waals surface area contributed by atoms with Gasteiger partial charge in [-0.3, -0.25) is 4.79 Å². The molecule has 4 nitrogen and oxygen atoms in total. The highest BCUT2D eigenvalue weighted by Gasteiger charge is 2.40. The molecule has 0 amide bonds. The average Bonchev–Trinajstić information content (AvgIpc) is 2.19. The van der Waals surface area contributed by atoms with Crippen LogP contribution in [0.3, 0.4) is 0 Å². The maximum Gasteiger partial charge on any atom is 0.304 e. The van der Waals surface area contributed by atoms with Crippen molar-refractivity contribution in [1.29, 1.82) is 0 Å². The van der Waals surface area contributed by atoms with Crippen LogP contribution in [0.15, 0.2) is 23.1 Å². The summed E-state index contributed by atoms with van der Waals surface area (Å²) in [4.78, 5) is 12.0. The number of nitrogen functional groups attached to an aromatic ring is 1. The number of nitrogens with one attached hydrogen (secondary N) is 1. The molecule has 0 unspecified atom stereocenters. The number of thioether (sulfide) groups is 1. The molecule has 0 aromatic heterocycles. The normalized spacial score (nSPS) is 17.5. The Hall–Kier alpha value is -1.20. The molecule has 0 atom stereocenters. The number of hydrogen-bond donors (Lipinski definition) is 3. The van der Waals surface area contributed by atoms with Crippen molar-refractivity contribution < 1.29 is 9.90 Å². The smallest absolute Gasteiger partial charge is 0.304 e. The molecule has 0 radical (unpaired) electrons. The number of carboxylic acids is 1. The first kappa shape index (κ1) is 12.3. The lowest BCUT2D eigenvalue weighted by atomic mass is 9.98. The van der Waals surface area contributed by atoms with E-state index in [0.29, 0.717) is 0 Å². The van der Waals surface area contributed by atoms with E-state index in [-0.39, 0.29) is 11.2 Å². The molecular weight excluding hydrogens is 236 g/mol. The Morgan fingerprint density at radius 3 is 2.82 bits per heavy atom. The number of anilines is 1. The third-order valence-corrected chi connectivity index (χ3v) is 4.43. The van der Waals surface area contributed by atoms with Gasteiger partial charge in [-0.1, -0.05) is 6.07 Å². The minimum absolute atomic E-state index is 0.179. The first-order chi connectivity index (χ1) is 8.01. The lowest BCUT2D eigenvalue weighted by molar-refractivity contribution is -0.138. The van der Waals surface area contributed by atoms with Crippen LogP contribution in [0.2, 0.25) is 0 Å². The van der Waals surface area contributed by atoms with Gasteiger partial charge in [0.25, 0.3) is 0 Å². The zero-order chi connectivity index (χ0) is 12.5. The van der Waals surface area contributed by atoms with Crippen molar-refractivity contribution in [1.82, 2.24) is 5.32 Å². The van der Waals surface area contributed by atoms with Crippen molar-refractivity contribution >= 4 is 23.4 Å². The van der Waals surface area contributed by atoms with E-state index in [9.17, 15) is 4.79 Å². The van der Waals surface area contributed by atoms with E-state index in [4.69, 9.17) is 10.8 Å². The molecule has 1 aromatic carbocycles. The summed E-state index contributed by atoms with van der Waals surface area (Å²) in [6.07, 6.45) is 0.179. The van der Waals surface area contributed by atoms with Crippen LogP contribution in [0.25, 0.3) is 0 Å². The van der Waals surface area contributed by atoms with Crippen molar-refractivity contribution in [2.75, 3.05) is 18.8 Å². The quantitative estimate of drug-likeness (QED) is 0.708. The monoisotopic (exact) mass is 252 g/mol. The zero-order valence-corrected chi connectivity index (χ0v) is 10.5. The second kappa shape index (κ2) is 4.58. The predicted molar refractivity (Wildman–Crippen MR) is 69.3 cm³/mol. The molecule has 92 valence electrons. The third kappa shape index (κ3) is 2.73. The second-order valence-electron chi connectivity index (χ2n) is 4.48. The van der Waals surface area contributed by atoms with Gasteiger partial charge in [0, 0.05) is 23.7 Å². The molecule has 17 heavy (non-hydrogen) atoms. The molecule has 1 aliphatic heterocycles. The summed E-state index contributed by atoms with van der Waals surface area (Å²) in [6.45, 7) is 3.48. The van der Waals surface area contributed by atoms with E-state index in [1.165, 1.54) is 0 Å². The van der Waals surface area contributed by atoms with Crippen LogP contribution in [0, 0.1) is 6.92 Å². The van der Waals surface area contributed by atoms with Gasteiger partial charge in [0.2, 0.25) is 0 Å². The van der Waals surface area contributed by atoms with Crippen LogP contribution in [0.5, 0.6) is 0 Å². The Bertz CT molecular complexity index is 444. The minimum atomic E-state index is -0.749. The highest BCUT2D eigenvalue weighted by atomic mass is 32.2. The summed E-state index contributed by atoms with van der Waals surface area (Å²) in [5.41, 5.74) is 7.62. The number of aryl methyl sites for hydroxylation is 1. The summed E-state index contributed by atoms with van der Waals surface area (Å²) >= 11 is 1.62. The molecule has 1 fully saturated rings. The number of hydrogen-bond acceptors (Lipinski definition) is 4. The summed E-state index contributed by atoms with van der Waals surface area (Å²) < 4.78 is -0.218. The van der Waals surface area contributed by atoms with E-state index in [2.05, 4.69) is 5.32 Å². The summed E-state index contributed by atoms with van der Waals surface area (Å²) in [5.74, 6) is -0.749. The number of carboxylic acid groups (broad SMARTS) is 1. The predicted octanol–water partition coefficient (Wildman–Crippen LogP) is 1.49. The molecular formula is C12H16N2O2S. The Balaban J connectivity index is 2.18. The van der Waals surface area contributed by atoms with Gasteiger partial charge in [-0.2, -0.15) is 0 Å². The van der Waals surface area contributed by atoms with Crippen molar-refractivity contribution in [2.45, 2.75) is 23.0 Å². The van der Waals surface area contributed by atoms with E-state index in [1.54, 1.807) is 11.8 Å². The maximum atomic E-state index is 10.9. The van der Waals surface area contributed by atoms with E-state index >= 15 is 0 Å². The van der Waals surface area contributed by atoms with Gasteiger partial charge in [-0.25, -0.2) is 0 Å². The molecule has 0 aliphatic carbocycles. The van der Waals surface area contributed by atoms with Gasteiger partial charge in [-0.05, 0) is 24.6 Å². The highest BCUT2D eigenvalue weighted by Crippen LogP contribution is 2.40. The topological polar surface area (TPSA) is 75.4 Å². The van der Waals surface area contributed by atoms with Gasteiger partial charge in [0.15, 0.2) is 0 Å². The van der Waals surface area contributed by atoms with E-state index < -0.39 is 5.97 Å². The molecule has 0 spiro atoms. The SMILES string of the molecule is Cc1ccc(N)cc1SC1(CC(=O)O)CNC1. The second-order valence-corrected chi connectivity index (χ2v) is 5.99. The lowest BCUT2D eigenvalue weighted by Gasteiger charge is -2.41. The number of aliphatic carboxylic acids is 1. The minimum Gasteiger partial charge on any atom is -0.481 e. The van der Waals surface area contributed by atoms with Crippen LogP contribution >= 0.6 is 11.8 Å². The molecule has 2 rings (SSSR count). The van der Waals surface area contributed by atoms with Crippen LogP contribution in [0.4, 0.5) is 5.69 Å². The first-order valence-electron chi connectivity index (χ1n) is 5.48. The number of benzene rings is 1. The fourth-order valence-corrected chi connectivity index (χ4v) is 3.31. The fraction of sp³-hybridized carbons (Fsp3) is 0.417. The summed E-state index contributed by atoms with van der Waals surface area (Å²) in [6, 6.07) is 5.75.